The second-order valence-electron chi connectivity index (χ2n) is 2.05. The van der Waals surface area contributed by atoms with Crippen LogP contribution < -0.4 is 5.32 Å². The van der Waals surface area contributed by atoms with E-state index in [-0.39, 0.29) is 6.61 Å². The summed E-state index contributed by atoms with van der Waals surface area (Å²) in [5, 5.41) is 11.3. The van der Waals surface area contributed by atoms with Gasteiger partial charge in [0, 0.05) is 6.04 Å². The third kappa shape index (κ3) is 7.48. The second-order valence-corrected chi connectivity index (χ2v) is 2.05. The number of hydrogen-bond donors (Lipinski definition) is 2. The lowest BCUT2D eigenvalue weighted by Crippen LogP contribution is -2.22. The van der Waals surface area contributed by atoms with Gasteiger partial charge in [0.15, 0.2) is 0 Å². The minimum absolute atomic E-state index is 0.0419. The molecule has 0 spiro atoms. The van der Waals surface area contributed by atoms with Crippen LogP contribution in [0.4, 0.5) is 0 Å². The summed E-state index contributed by atoms with van der Waals surface area (Å²) in [4.78, 5) is 0. The van der Waals surface area contributed by atoms with Crippen molar-refractivity contribution in [1.82, 2.24) is 5.32 Å². The van der Waals surface area contributed by atoms with E-state index in [4.69, 9.17) is 5.11 Å². The molecule has 0 saturated heterocycles. The first-order chi connectivity index (χ1) is 4.27. The molecule has 0 aromatic carbocycles. The highest BCUT2D eigenvalue weighted by Crippen LogP contribution is 1.71. The summed E-state index contributed by atoms with van der Waals surface area (Å²) in [6, 6.07) is 0.470. The van der Waals surface area contributed by atoms with Crippen LogP contribution in [0.2, 0.25) is 0 Å². The smallest absolute Gasteiger partial charge is 0.104 e. The van der Waals surface area contributed by atoms with Gasteiger partial charge in [-0.05, 0) is 13.8 Å². The molecule has 0 aliphatic carbocycles. The van der Waals surface area contributed by atoms with E-state index in [2.05, 4.69) is 31.0 Å². The van der Waals surface area contributed by atoms with Gasteiger partial charge >= 0.3 is 0 Å². The summed E-state index contributed by atoms with van der Waals surface area (Å²) in [7, 11) is 0. The summed E-state index contributed by atoms with van der Waals surface area (Å²) >= 11 is 0. The zero-order chi connectivity index (χ0) is 7.11. The molecule has 0 radical (unpaired) electrons. The topological polar surface area (TPSA) is 32.3 Å². The largest absolute Gasteiger partial charge is 0.384 e. The molecular formula is C7H13NO. The fourth-order valence-electron chi connectivity index (χ4n) is 0.374. The minimum Gasteiger partial charge on any atom is -0.384 e. The molecule has 2 nitrogen and oxygen atoms in total. The van der Waals surface area contributed by atoms with Crippen LogP contribution in [0.5, 0.6) is 0 Å². The number of aliphatic hydroxyl groups excluding tert-OH is 1. The molecule has 2 N–H and O–H groups in total. The van der Waals surface area contributed by atoms with Crippen molar-refractivity contribution in [1.29, 1.82) is 0 Å². The van der Waals surface area contributed by atoms with E-state index >= 15 is 0 Å². The fraction of sp³-hybridized carbons (Fsp3) is 0.714. The van der Waals surface area contributed by atoms with Crippen molar-refractivity contribution in [3.05, 3.63) is 0 Å². The average Bonchev–Trinajstić information content (AvgIpc) is 1.80. The Bertz CT molecular complexity index is 110. The predicted octanol–water partition coefficient (Wildman–Crippen LogP) is -0.0199. The summed E-state index contributed by atoms with van der Waals surface area (Å²) in [6.45, 7) is 4.74. The molecule has 0 aliphatic rings. The fourth-order valence-corrected chi connectivity index (χ4v) is 0.374. The van der Waals surface area contributed by atoms with Crippen LogP contribution in [0, 0.1) is 11.8 Å². The van der Waals surface area contributed by atoms with Crippen molar-refractivity contribution in [3.63, 3.8) is 0 Å². The quantitative estimate of drug-likeness (QED) is 0.511. The Morgan fingerprint density at radius 2 is 2.11 bits per heavy atom. The molecule has 9 heavy (non-hydrogen) atoms. The average molecular weight is 127 g/mol. The Balaban J connectivity index is 3.09. The summed E-state index contributed by atoms with van der Waals surface area (Å²) in [5.74, 6) is 5.30. The molecule has 2 heteroatoms. The van der Waals surface area contributed by atoms with Gasteiger partial charge in [-0.15, -0.1) is 0 Å². The monoisotopic (exact) mass is 127 g/mol. The molecule has 0 heterocycles. The molecule has 0 atom stereocenters. The Kier molecular flexibility index (Phi) is 5.29. The van der Waals surface area contributed by atoms with E-state index < -0.39 is 0 Å². The zero-order valence-electron chi connectivity index (χ0n) is 5.94. The standard InChI is InChI=1S/C7H13NO/c1-7(2)8-5-3-4-6-9/h7-9H,5-6H2,1-2H3. The molecule has 0 amide bonds. The van der Waals surface area contributed by atoms with E-state index in [1.807, 2.05) is 0 Å². The maximum absolute atomic E-state index is 8.23. The van der Waals surface area contributed by atoms with Crippen LogP contribution in [0.3, 0.4) is 0 Å². The van der Waals surface area contributed by atoms with Gasteiger partial charge in [-0.25, -0.2) is 0 Å². The maximum atomic E-state index is 8.23. The molecule has 0 aliphatic heterocycles. The van der Waals surface area contributed by atoms with E-state index in [1.165, 1.54) is 0 Å². The van der Waals surface area contributed by atoms with Crippen molar-refractivity contribution in [2.24, 2.45) is 0 Å². The first-order valence-corrected chi connectivity index (χ1v) is 3.07. The first-order valence-electron chi connectivity index (χ1n) is 3.07. The van der Waals surface area contributed by atoms with Crippen LogP contribution in [-0.2, 0) is 0 Å². The molecular weight excluding hydrogens is 114 g/mol. The number of nitrogens with one attached hydrogen (secondary N) is 1. The molecule has 0 bridgehead atoms. The number of rotatable bonds is 2. The lowest BCUT2D eigenvalue weighted by atomic mass is 10.4. The van der Waals surface area contributed by atoms with E-state index in [0.29, 0.717) is 12.6 Å². The molecule has 0 rings (SSSR count). The van der Waals surface area contributed by atoms with Crippen LogP contribution in [0.15, 0.2) is 0 Å². The van der Waals surface area contributed by atoms with E-state index in [0.717, 1.165) is 0 Å². The second kappa shape index (κ2) is 5.61. The van der Waals surface area contributed by atoms with Crippen molar-refractivity contribution in [2.45, 2.75) is 19.9 Å². The Hall–Kier alpha value is -0.520. The van der Waals surface area contributed by atoms with Gasteiger partial charge < -0.3 is 10.4 Å². The highest BCUT2D eigenvalue weighted by Gasteiger charge is 1.84. The Labute approximate surface area is 56.3 Å². The summed E-state index contributed by atoms with van der Waals surface area (Å²) < 4.78 is 0. The van der Waals surface area contributed by atoms with Gasteiger partial charge in [0.2, 0.25) is 0 Å². The third-order valence-corrected chi connectivity index (χ3v) is 0.803. The highest BCUT2D eigenvalue weighted by atomic mass is 16.2. The molecule has 0 saturated carbocycles. The SMILES string of the molecule is CC(C)NCC#CCO. The van der Waals surface area contributed by atoms with Gasteiger partial charge in [-0.2, -0.15) is 0 Å². The normalized spacial score (nSPS) is 8.89. The summed E-state index contributed by atoms with van der Waals surface area (Å²) in [5.41, 5.74) is 0. The lowest BCUT2D eigenvalue weighted by molar-refractivity contribution is 0.350. The van der Waals surface area contributed by atoms with Gasteiger partial charge in [0.25, 0.3) is 0 Å². The molecule has 0 unspecified atom stereocenters. The Morgan fingerprint density at radius 1 is 1.44 bits per heavy atom. The summed E-state index contributed by atoms with van der Waals surface area (Å²) in [6.07, 6.45) is 0. The first kappa shape index (κ1) is 8.48. The van der Waals surface area contributed by atoms with Gasteiger partial charge in [0.1, 0.15) is 6.61 Å². The van der Waals surface area contributed by atoms with Crippen molar-refractivity contribution >= 4 is 0 Å². The number of aliphatic hydroxyl groups is 1. The molecule has 52 valence electrons. The van der Waals surface area contributed by atoms with Crippen LogP contribution in [0.1, 0.15) is 13.8 Å². The maximum Gasteiger partial charge on any atom is 0.104 e. The molecule has 0 aromatic heterocycles. The van der Waals surface area contributed by atoms with Crippen molar-refractivity contribution in [2.75, 3.05) is 13.2 Å². The van der Waals surface area contributed by atoms with Gasteiger partial charge in [0.05, 0.1) is 6.54 Å². The van der Waals surface area contributed by atoms with Gasteiger partial charge in [-0.1, -0.05) is 11.8 Å². The Morgan fingerprint density at radius 3 is 2.56 bits per heavy atom. The predicted molar refractivity (Wildman–Crippen MR) is 38.0 cm³/mol. The number of hydrogen-bond acceptors (Lipinski definition) is 2. The zero-order valence-corrected chi connectivity index (χ0v) is 5.94. The van der Waals surface area contributed by atoms with Crippen molar-refractivity contribution < 1.29 is 5.11 Å². The van der Waals surface area contributed by atoms with Crippen molar-refractivity contribution in [3.8, 4) is 11.8 Å². The van der Waals surface area contributed by atoms with E-state index in [9.17, 15) is 0 Å². The third-order valence-electron chi connectivity index (χ3n) is 0.803. The molecule has 0 fully saturated rings. The molecule has 0 aromatic rings. The minimum atomic E-state index is -0.0419. The highest BCUT2D eigenvalue weighted by molar-refractivity contribution is 5.00. The van der Waals surface area contributed by atoms with E-state index in [1.54, 1.807) is 0 Å². The van der Waals surface area contributed by atoms with Crippen LogP contribution in [-0.4, -0.2) is 24.3 Å². The van der Waals surface area contributed by atoms with Crippen LogP contribution >= 0.6 is 0 Å². The van der Waals surface area contributed by atoms with Gasteiger partial charge in [-0.3, -0.25) is 0 Å². The van der Waals surface area contributed by atoms with Crippen LogP contribution in [0.25, 0.3) is 0 Å². The lowest BCUT2D eigenvalue weighted by Gasteiger charge is -2.00.